The monoisotopic (exact) mass is 220 g/mol. The van der Waals surface area contributed by atoms with Crippen molar-refractivity contribution in [1.82, 2.24) is 20.5 Å². The first-order valence-electron chi connectivity index (χ1n) is 6.26. The molecule has 0 spiro atoms. The lowest BCUT2D eigenvalue weighted by molar-refractivity contribution is 0.675. The summed E-state index contributed by atoms with van der Waals surface area (Å²) in [6, 6.07) is 0. The lowest BCUT2D eigenvalue weighted by Crippen LogP contribution is -2.11. The second-order valence-corrected chi connectivity index (χ2v) is 4.39. The summed E-state index contributed by atoms with van der Waals surface area (Å²) in [5.74, 6) is 0.913. The van der Waals surface area contributed by atoms with Gasteiger partial charge >= 0.3 is 0 Å². The molecule has 16 heavy (non-hydrogen) atoms. The Hall–Kier alpha value is -1.03. The molecule has 0 saturated heterocycles. The average Bonchev–Trinajstić information content (AvgIpc) is 2.54. The van der Waals surface area contributed by atoms with Gasteiger partial charge in [0, 0.05) is 6.42 Å². The average molecular weight is 220 g/mol. The van der Waals surface area contributed by atoms with Crippen LogP contribution in [0.25, 0.3) is 0 Å². The number of rotatable bonds is 4. The zero-order chi connectivity index (χ0) is 11.2. The van der Waals surface area contributed by atoms with E-state index in [2.05, 4.69) is 20.5 Å². The molecule has 0 amide bonds. The van der Waals surface area contributed by atoms with Gasteiger partial charge in [-0.05, 0) is 45.7 Å². The number of fused-ring (bicyclic) bond motifs is 1. The minimum Gasteiger partial charge on any atom is -0.320 e. The summed E-state index contributed by atoms with van der Waals surface area (Å²) in [6.07, 6.45) is 7.95. The standard InChI is InChI=1S/C12H20N4/c1-13-9-5-8-12-14-10-6-3-2-4-7-11(10)15-16-12/h13H,2-9H2,1H3. The van der Waals surface area contributed by atoms with Crippen LogP contribution in [0.2, 0.25) is 0 Å². The van der Waals surface area contributed by atoms with E-state index in [9.17, 15) is 0 Å². The first-order chi connectivity index (χ1) is 7.90. The van der Waals surface area contributed by atoms with Crippen molar-refractivity contribution in [3.63, 3.8) is 0 Å². The number of hydrogen-bond donors (Lipinski definition) is 1. The Morgan fingerprint density at radius 1 is 1.06 bits per heavy atom. The third kappa shape index (κ3) is 2.98. The molecule has 0 aromatic carbocycles. The summed E-state index contributed by atoms with van der Waals surface area (Å²) in [5.41, 5.74) is 2.34. The van der Waals surface area contributed by atoms with Crippen LogP contribution in [0, 0.1) is 0 Å². The Morgan fingerprint density at radius 2 is 1.88 bits per heavy atom. The molecule has 4 nitrogen and oxygen atoms in total. The maximum Gasteiger partial charge on any atom is 0.151 e. The third-order valence-electron chi connectivity index (χ3n) is 3.04. The second-order valence-electron chi connectivity index (χ2n) is 4.39. The number of aryl methyl sites for hydroxylation is 3. The summed E-state index contributed by atoms with van der Waals surface area (Å²) < 4.78 is 0. The SMILES string of the molecule is CNCCCc1nnc2c(n1)CCCCC2. The first kappa shape index (κ1) is 11.5. The van der Waals surface area contributed by atoms with E-state index in [0.717, 1.165) is 43.7 Å². The number of nitrogens with one attached hydrogen (secondary N) is 1. The van der Waals surface area contributed by atoms with E-state index in [0.29, 0.717) is 0 Å². The van der Waals surface area contributed by atoms with Gasteiger partial charge in [-0.15, -0.1) is 5.10 Å². The smallest absolute Gasteiger partial charge is 0.151 e. The molecule has 88 valence electrons. The third-order valence-corrected chi connectivity index (χ3v) is 3.04. The number of hydrogen-bond acceptors (Lipinski definition) is 4. The minimum atomic E-state index is 0.913. The molecule has 0 bridgehead atoms. The fraction of sp³-hybridized carbons (Fsp3) is 0.750. The molecule has 0 radical (unpaired) electrons. The highest BCUT2D eigenvalue weighted by atomic mass is 15.2. The molecule has 1 heterocycles. The van der Waals surface area contributed by atoms with E-state index in [1.165, 1.54) is 25.0 Å². The molecule has 1 aromatic heterocycles. The van der Waals surface area contributed by atoms with Crippen LogP contribution in [-0.4, -0.2) is 28.8 Å². The fourth-order valence-corrected chi connectivity index (χ4v) is 2.10. The van der Waals surface area contributed by atoms with Crippen molar-refractivity contribution in [3.8, 4) is 0 Å². The summed E-state index contributed by atoms with van der Waals surface area (Å²) in [4.78, 5) is 4.64. The summed E-state index contributed by atoms with van der Waals surface area (Å²) in [6.45, 7) is 1.01. The normalized spacial score (nSPS) is 15.6. The minimum absolute atomic E-state index is 0.913. The van der Waals surface area contributed by atoms with Gasteiger partial charge in [0.25, 0.3) is 0 Å². The van der Waals surface area contributed by atoms with Crippen molar-refractivity contribution < 1.29 is 0 Å². The summed E-state index contributed by atoms with van der Waals surface area (Å²) in [7, 11) is 1.97. The van der Waals surface area contributed by atoms with Crippen molar-refractivity contribution in [3.05, 3.63) is 17.2 Å². The van der Waals surface area contributed by atoms with E-state index in [1.54, 1.807) is 0 Å². The van der Waals surface area contributed by atoms with E-state index in [1.807, 2.05) is 7.05 Å². The molecule has 0 aliphatic heterocycles. The van der Waals surface area contributed by atoms with Crippen molar-refractivity contribution in [2.24, 2.45) is 0 Å². The predicted octanol–water partition coefficient (Wildman–Crippen LogP) is 1.29. The molecule has 1 aromatic rings. The Labute approximate surface area is 96.9 Å². The van der Waals surface area contributed by atoms with Crippen molar-refractivity contribution in [2.75, 3.05) is 13.6 Å². The van der Waals surface area contributed by atoms with Crippen LogP contribution in [0.1, 0.15) is 42.9 Å². The van der Waals surface area contributed by atoms with Gasteiger partial charge in [-0.1, -0.05) is 6.42 Å². The number of aromatic nitrogens is 3. The largest absolute Gasteiger partial charge is 0.320 e. The highest BCUT2D eigenvalue weighted by Crippen LogP contribution is 2.16. The van der Waals surface area contributed by atoms with Gasteiger partial charge in [0.2, 0.25) is 0 Å². The topological polar surface area (TPSA) is 50.7 Å². The second kappa shape index (κ2) is 5.89. The zero-order valence-corrected chi connectivity index (χ0v) is 10.00. The van der Waals surface area contributed by atoms with Crippen molar-refractivity contribution in [2.45, 2.75) is 44.9 Å². The van der Waals surface area contributed by atoms with E-state index < -0.39 is 0 Å². The highest BCUT2D eigenvalue weighted by molar-refractivity contribution is 5.12. The maximum atomic E-state index is 4.64. The summed E-state index contributed by atoms with van der Waals surface area (Å²) >= 11 is 0. The van der Waals surface area contributed by atoms with E-state index >= 15 is 0 Å². The Morgan fingerprint density at radius 3 is 2.69 bits per heavy atom. The highest BCUT2D eigenvalue weighted by Gasteiger charge is 2.12. The molecule has 0 atom stereocenters. The molecule has 0 unspecified atom stereocenters. The zero-order valence-electron chi connectivity index (χ0n) is 10.00. The first-order valence-corrected chi connectivity index (χ1v) is 6.26. The molecular weight excluding hydrogens is 200 g/mol. The van der Waals surface area contributed by atoms with Gasteiger partial charge < -0.3 is 5.32 Å². The van der Waals surface area contributed by atoms with Crippen LogP contribution < -0.4 is 5.32 Å². The van der Waals surface area contributed by atoms with Gasteiger partial charge in [0.1, 0.15) is 0 Å². The molecule has 4 heteroatoms. The number of nitrogens with zero attached hydrogens (tertiary/aromatic N) is 3. The molecule has 0 fully saturated rings. The van der Waals surface area contributed by atoms with Crippen LogP contribution in [0.3, 0.4) is 0 Å². The lowest BCUT2D eigenvalue weighted by atomic mass is 10.2. The van der Waals surface area contributed by atoms with Gasteiger partial charge in [0.05, 0.1) is 11.4 Å². The van der Waals surface area contributed by atoms with Crippen LogP contribution in [0.4, 0.5) is 0 Å². The molecular formula is C12H20N4. The van der Waals surface area contributed by atoms with Gasteiger partial charge in [0.15, 0.2) is 5.82 Å². The van der Waals surface area contributed by atoms with Crippen LogP contribution in [-0.2, 0) is 19.3 Å². The van der Waals surface area contributed by atoms with E-state index in [-0.39, 0.29) is 0 Å². The van der Waals surface area contributed by atoms with Gasteiger partial charge in [-0.2, -0.15) is 5.10 Å². The van der Waals surface area contributed by atoms with Crippen LogP contribution in [0.5, 0.6) is 0 Å². The molecule has 1 N–H and O–H groups in total. The Kier molecular flexibility index (Phi) is 4.22. The maximum absolute atomic E-state index is 4.64. The van der Waals surface area contributed by atoms with Gasteiger partial charge in [-0.3, -0.25) is 0 Å². The quantitative estimate of drug-likeness (QED) is 0.613. The molecule has 1 aliphatic carbocycles. The van der Waals surface area contributed by atoms with Gasteiger partial charge in [-0.25, -0.2) is 4.98 Å². The lowest BCUT2D eigenvalue weighted by Gasteiger charge is -2.05. The fourth-order valence-electron chi connectivity index (χ4n) is 2.10. The Bertz CT molecular complexity index is 338. The van der Waals surface area contributed by atoms with Crippen LogP contribution >= 0.6 is 0 Å². The predicted molar refractivity (Wildman–Crippen MR) is 63.3 cm³/mol. The summed E-state index contributed by atoms with van der Waals surface area (Å²) in [5, 5.41) is 11.7. The molecule has 0 saturated carbocycles. The van der Waals surface area contributed by atoms with E-state index in [4.69, 9.17) is 0 Å². The van der Waals surface area contributed by atoms with Crippen molar-refractivity contribution in [1.29, 1.82) is 0 Å². The molecule has 1 aliphatic rings. The van der Waals surface area contributed by atoms with Crippen molar-refractivity contribution >= 4 is 0 Å². The van der Waals surface area contributed by atoms with Crippen LogP contribution in [0.15, 0.2) is 0 Å². The Balaban J connectivity index is 2.02. The molecule has 2 rings (SSSR count).